The number of carbonyl (C=O) groups excluding carboxylic acids is 2. The molecule has 1 aromatic heterocycles. The summed E-state index contributed by atoms with van der Waals surface area (Å²) in [6.07, 6.45) is -3.69. The molecule has 132 valence electrons. The summed E-state index contributed by atoms with van der Waals surface area (Å²) in [6, 6.07) is 5.69. The topological polar surface area (TPSA) is 79.5 Å². The van der Waals surface area contributed by atoms with E-state index >= 15 is 0 Å². The number of aliphatic hydroxyl groups is 1. The van der Waals surface area contributed by atoms with E-state index in [1.165, 1.54) is 36.2 Å². The van der Waals surface area contributed by atoms with Crippen LogP contribution in [0.3, 0.4) is 0 Å². The molecular formula is C16H12F3NO4S. The molecule has 3 rings (SSSR count). The van der Waals surface area contributed by atoms with Crippen LogP contribution < -0.4 is 5.32 Å². The standard InChI is InChI=1S/C16H12F3NO4S/c1-15(23,16(17,18)19)14(22)20-8-2-3-10-12(6-8)25-7-11-9(13(10)21)4-5-24-11/h2-6,23H,7H2,1H3,(H,20,22). The molecule has 5 nitrogen and oxygen atoms in total. The number of amides is 1. The quantitative estimate of drug-likeness (QED) is 0.846. The zero-order valence-electron chi connectivity index (χ0n) is 12.8. The molecule has 0 saturated carbocycles. The van der Waals surface area contributed by atoms with Gasteiger partial charge in [-0.2, -0.15) is 13.2 Å². The van der Waals surface area contributed by atoms with Crippen LogP contribution in [0, 0.1) is 0 Å². The Labute approximate surface area is 144 Å². The predicted octanol–water partition coefficient (Wildman–Crippen LogP) is 3.37. The first-order chi connectivity index (χ1) is 11.6. The SMILES string of the molecule is CC(O)(C(=O)Nc1ccc2c(c1)SCc1occc1C2=O)C(F)(F)F. The molecule has 1 aliphatic rings. The zero-order valence-corrected chi connectivity index (χ0v) is 13.6. The van der Waals surface area contributed by atoms with Gasteiger partial charge in [-0.3, -0.25) is 9.59 Å². The first kappa shape index (κ1) is 17.6. The lowest BCUT2D eigenvalue weighted by molar-refractivity contribution is -0.242. The van der Waals surface area contributed by atoms with Crippen molar-refractivity contribution in [2.24, 2.45) is 0 Å². The smallest absolute Gasteiger partial charge is 0.426 e. The van der Waals surface area contributed by atoms with Gasteiger partial charge in [-0.15, -0.1) is 11.8 Å². The number of carbonyl (C=O) groups is 2. The van der Waals surface area contributed by atoms with E-state index < -0.39 is 17.7 Å². The van der Waals surface area contributed by atoms with Gasteiger partial charge in [0.05, 0.1) is 17.6 Å². The number of alkyl halides is 3. The molecule has 2 N–H and O–H groups in total. The van der Waals surface area contributed by atoms with Crippen molar-refractivity contribution in [1.29, 1.82) is 0 Å². The maximum atomic E-state index is 12.7. The number of nitrogens with one attached hydrogen (secondary N) is 1. The van der Waals surface area contributed by atoms with Crippen LogP contribution in [0.5, 0.6) is 0 Å². The maximum absolute atomic E-state index is 12.7. The van der Waals surface area contributed by atoms with Gasteiger partial charge in [-0.1, -0.05) is 0 Å². The second-order valence-electron chi connectivity index (χ2n) is 5.61. The number of ketones is 1. The fraction of sp³-hybridized carbons (Fsp3) is 0.250. The molecule has 9 heteroatoms. The Morgan fingerprint density at radius 2 is 2.00 bits per heavy atom. The van der Waals surface area contributed by atoms with Gasteiger partial charge in [0.2, 0.25) is 5.60 Å². The molecule has 1 atom stereocenters. The summed E-state index contributed by atoms with van der Waals surface area (Å²) < 4.78 is 43.4. The molecule has 0 spiro atoms. The van der Waals surface area contributed by atoms with E-state index in [1.54, 1.807) is 6.07 Å². The summed E-state index contributed by atoms with van der Waals surface area (Å²) >= 11 is 1.26. The summed E-state index contributed by atoms with van der Waals surface area (Å²) in [5.74, 6) is -0.976. The molecule has 0 saturated heterocycles. The van der Waals surface area contributed by atoms with E-state index in [2.05, 4.69) is 0 Å². The van der Waals surface area contributed by atoms with Gasteiger partial charge >= 0.3 is 6.18 Å². The number of hydrogen-bond acceptors (Lipinski definition) is 5. The molecule has 2 aromatic rings. The van der Waals surface area contributed by atoms with Crippen molar-refractivity contribution in [1.82, 2.24) is 0 Å². The molecule has 1 aromatic carbocycles. The number of fused-ring (bicyclic) bond motifs is 2. The average molecular weight is 371 g/mol. The Morgan fingerprint density at radius 3 is 2.68 bits per heavy atom. The summed E-state index contributed by atoms with van der Waals surface area (Å²) in [7, 11) is 0. The lowest BCUT2D eigenvalue weighted by Gasteiger charge is -2.25. The van der Waals surface area contributed by atoms with Crippen LogP contribution in [0.1, 0.15) is 28.6 Å². The molecule has 1 amide bonds. The van der Waals surface area contributed by atoms with E-state index in [0.29, 0.717) is 34.5 Å². The van der Waals surface area contributed by atoms with Crippen molar-refractivity contribution in [3.8, 4) is 0 Å². The summed E-state index contributed by atoms with van der Waals surface area (Å²) in [5.41, 5.74) is -2.68. The minimum Gasteiger partial charge on any atom is -0.468 e. The van der Waals surface area contributed by atoms with Crippen LogP contribution in [-0.4, -0.2) is 28.6 Å². The second-order valence-corrected chi connectivity index (χ2v) is 6.63. The second kappa shape index (κ2) is 5.92. The number of benzene rings is 1. The molecule has 2 heterocycles. The molecule has 0 bridgehead atoms. The van der Waals surface area contributed by atoms with E-state index in [0.717, 1.165) is 0 Å². The number of halogens is 3. The molecule has 1 aliphatic heterocycles. The molecule has 1 unspecified atom stereocenters. The molecule has 0 aliphatic carbocycles. The minimum atomic E-state index is -5.11. The summed E-state index contributed by atoms with van der Waals surface area (Å²) in [4.78, 5) is 24.7. The molecular weight excluding hydrogens is 359 g/mol. The number of rotatable bonds is 2. The van der Waals surface area contributed by atoms with Crippen molar-refractivity contribution in [2.75, 3.05) is 5.32 Å². The van der Waals surface area contributed by atoms with Crippen molar-refractivity contribution in [3.63, 3.8) is 0 Å². The van der Waals surface area contributed by atoms with Gasteiger partial charge in [0.15, 0.2) is 5.78 Å². The highest BCUT2D eigenvalue weighted by atomic mass is 32.2. The van der Waals surface area contributed by atoms with E-state index in [-0.39, 0.29) is 11.5 Å². The van der Waals surface area contributed by atoms with Crippen LogP contribution in [0.15, 0.2) is 39.8 Å². The Bertz CT molecular complexity index is 857. The van der Waals surface area contributed by atoms with Crippen LogP contribution in [-0.2, 0) is 10.5 Å². The third kappa shape index (κ3) is 3.05. The van der Waals surface area contributed by atoms with Crippen molar-refractivity contribution in [3.05, 3.63) is 47.4 Å². The number of thioether (sulfide) groups is 1. The van der Waals surface area contributed by atoms with E-state index in [4.69, 9.17) is 4.42 Å². The van der Waals surface area contributed by atoms with E-state index in [1.807, 2.05) is 5.32 Å². The van der Waals surface area contributed by atoms with Gasteiger partial charge in [0.25, 0.3) is 5.91 Å². The lowest BCUT2D eigenvalue weighted by atomic mass is 10.0. The zero-order chi connectivity index (χ0) is 18.4. The van der Waals surface area contributed by atoms with Crippen molar-refractivity contribution < 1.29 is 32.3 Å². The minimum absolute atomic E-state index is 0.0482. The Morgan fingerprint density at radius 1 is 1.28 bits per heavy atom. The van der Waals surface area contributed by atoms with Gasteiger partial charge in [-0.25, -0.2) is 0 Å². The number of furan rings is 1. The largest absolute Gasteiger partial charge is 0.468 e. The molecule has 0 fully saturated rings. The van der Waals surface area contributed by atoms with Crippen LogP contribution >= 0.6 is 11.8 Å². The Kier molecular flexibility index (Phi) is 4.16. The first-order valence-electron chi connectivity index (χ1n) is 7.10. The highest BCUT2D eigenvalue weighted by Crippen LogP contribution is 2.36. The van der Waals surface area contributed by atoms with Crippen LogP contribution in [0.2, 0.25) is 0 Å². The average Bonchev–Trinajstić information content (AvgIpc) is 2.95. The van der Waals surface area contributed by atoms with Crippen molar-refractivity contribution >= 4 is 29.1 Å². The van der Waals surface area contributed by atoms with Crippen LogP contribution in [0.4, 0.5) is 18.9 Å². The van der Waals surface area contributed by atoms with Gasteiger partial charge in [0.1, 0.15) is 5.76 Å². The Balaban J connectivity index is 1.87. The maximum Gasteiger partial charge on any atom is 0.426 e. The lowest BCUT2D eigenvalue weighted by Crippen LogP contribution is -2.52. The first-order valence-corrected chi connectivity index (χ1v) is 8.08. The van der Waals surface area contributed by atoms with Crippen LogP contribution in [0.25, 0.3) is 0 Å². The third-order valence-electron chi connectivity index (χ3n) is 3.83. The highest BCUT2D eigenvalue weighted by Gasteiger charge is 2.55. The van der Waals surface area contributed by atoms with Gasteiger partial charge in [0, 0.05) is 16.1 Å². The van der Waals surface area contributed by atoms with E-state index in [9.17, 15) is 27.9 Å². The van der Waals surface area contributed by atoms with Crippen molar-refractivity contribution in [2.45, 2.75) is 29.3 Å². The normalized spacial score (nSPS) is 16.4. The monoisotopic (exact) mass is 371 g/mol. The van der Waals surface area contributed by atoms with Gasteiger partial charge < -0.3 is 14.8 Å². The van der Waals surface area contributed by atoms with Gasteiger partial charge in [-0.05, 0) is 31.2 Å². The fourth-order valence-corrected chi connectivity index (χ4v) is 3.27. The fourth-order valence-electron chi connectivity index (χ4n) is 2.23. The highest BCUT2D eigenvalue weighted by molar-refractivity contribution is 7.98. The Hall–Kier alpha value is -2.26. The summed E-state index contributed by atoms with van der Waals surface area (Å²) in [6.45, 7) is 0.377. The predicted molar refractivity (Wildman–Crippen MR) is 83.5 cm³/mol. The molecule has 0 radical (unpaired) electrons. The number of anilines is 1. The third-order valence-corrected chi connectivity index (χ3v) is 4.88. The molecule has 25 heavy (non-hydrogen) atoms. The number of hydrogen-bond donors (Lipinski definition) is 2. The summed E-state index contributed by atoms with van der Waals surface area (Å²) in [5, 5.41) is 11.4.